The van der Waals surface area contributed by atoms with Gasteiger partial charge in [0.1, 0.15) is 29.7 Å². The first-order valence-corrected chi connectivity index (χ1v) is 19.3. The van der Waals surface area contributed by atoms with Crippen LogP contribution in [0.25, 0.3) is 10.9 Å². The number of aromatic nitrogens is 1. The maximum atomic E-state index is 16.0. The van der Waals surface area contributed by atoms with E-state index in [0.29, 0.717) is 12.1 Å². The molecule has 1 N–H and O–H groups in total. The Morgan fingerprint density at radius 1 is 0.935 bits per heavy atom. The molecular formula is C38H49F3N2O2Si. The molecule has 0 saturated carbocycles. The zero-order chi connectivity index (χ0) is 33.4. The Morgan fingerprint density at radius 2 is 1.61 bits per heavy atom. The van der Waals surface area contributed by atoms with Gasteiger partial charge in [-0.15, -0.1) is 0 Å². The molecule has 3 aromatic carbocycles. The lowest BCUT2D eigenvalue weighted by Crippen LogP contribution is -2.48. The smallest absolute Gasteiger partial charge is 0.191 e. The first-order valence-electron chi connectivity index (χ1n) is 16.4. The third kappa shape index (κ3) is 7.56. The van der Waals surface area contributed by atoms with Crippen LogP contribution >= 0.6 is 0 Å². The standard InChI is InChI=1S/C38H49F3N2O2Si/c1-25-19-30-29-16-9-10-17-33(29)42-35(30)36(43(25)24-38(5,6)41)34-31(39)21-28(22-32(34)40)44-23-27-14-11-13-26(20-27)15-12-18-45-46(7,8)37(2,3)4/h9-11,13-14,16-17,20-22,25,36,42H,12,15,18-19,23-24H2,1-8H3/t25-,36-/m1/s1. The van der Waals surface area contributed by atoms with Crippen molar-refractivity contribution in [2.45, 2.75) is 103 Å². The fourth-order valence-corrected chi connectivity index (χ4v) is 7.35. The Kier molecular flexibility index (Phi) is 9.84. The Hall–Kier alpha value is -3.07. The second-order valence-corrected chi connectivity index (χ2v) is 19.8. The van der Waals surface area contributed by atoms with Crippen molar-refractivity contribution in [1.29, 1.82) is 0 Å². The Labute approximate surface area is 273 Å². The lowest BCUT2D eigenvalue weighted by Gasteiger charge is -2.43. The summed E-state index contributed by atoms with van der Waals surface area (Å²) in [7, 11) is -1.77. The third-order valence-electron chi connectivity index (χ3n) is 9.68. The maximum Gasteiger partial charge on any atom is 0.191 e. The van der Waals surface area contributed by atoms with Gasteiger partial charge < -0.3 is 14.1 Å². The maximum absolute atomic E-state index is 16.0. The second-order valence-electron chi connectivity index (χ2n) is 15.0. The summed E-state index contributed by atoms with van der Waals surface area (Å²) in [6, 6.07) is 17.5. The fourth-order valence-electron chi connectivity index (χ4n) is 6.27. The minimum Gasteiger partial charge on any atom is -0.489 e. The van der Waals surface area contributed by atoms with Gasteiger partial charge in [0.05, 0.1) is 6.04 Å². The van der Waals surface area contributed by atoms with Crippen molar-refractivity contribution in [2.24, 2.45) is 0 Å². The van der Waals surface area contributed by atoms with E-state index in [1.807, 2.05) is 48.2 Å². The van der Waals surface area contributed by atoms with Gasteiger partial charge in [0, 0.05) is 53.5 Å². The van der Waals surface area contributed by atoms with Crippen molar-refractivity contribution in [1.82, 2.24) is 9.88 Å². The molecule has 0 bridgehead atoms. The lowest BCUT2D eigenvalue weighted by molar-refractivity contribution is 0.0642. The lowest BCUT2D eigenvalue weighted by atomic mass is 9.87. The van der Waals surface area contributed by atoms with Gasteiger partial charge >= 0.3 is 0 Å². The van der Waals surface area contributed by atoms with Crippen LogP contribution in [0.3, 0.4) is 0 Å². The average Bonchev–Trinajstić information content (AvgIpc) is 3.32. The molecule has 1 aliphatic heterocycles. The molecule has 0 fully saturated rings. The molecule has 1 aromatic heterocycles. The molecular weight excluding hydrogens is 602 g/mol. The van der Waals surface area contributed by atoms with Gasteiger partial charge in [-0.1, -0.05) is 63.2 Å². The van der Waals surface area contributed by atoms with Crippen molar-refractivity contribution in [3.8, 4) is 5.75 Å². The molecule has 4 aromatic rings. The van der Waals surface area contributed by atoms with Crippen LogP contribution in [-0.4, -0.2) is 43.1 Å². The van der Waals surface area contributed by atoms with Gasteiger partial charge in [0.15, 0.2) is 8.32 Å². The first kappa shape index (κ1) is 34.3. The van der Waals surface area contributed by atoms with Crippen molar-refractivity contribution < 1.29 is 22.3 Å². The van der Waals surface area contributed by atoms with Crippen molar-refractivity contribution in [3.63, 3.8) is 0 Å². The number of ether oxygens (including phenoxy) is 1. The number of alkyl halides is 1. The molecule has 0 spiro atoms. The predicted octanol–water partition coefficient (Wildman–Crippen LogP) is 10.1. The molecule has 8 heteroatoms. The number of hydrogen-bond donors (Lipinski definition) is 1. The summed E-state index contributed by atoms with van der Waals surface area (Å²) in [5, 5.41) is 1.21. The van der Waals surface area contributed by atoms with Gasteiger partial charge in [-0.2, -0.15) is 0 Å². The van der Waals surface area contributed by atoms with E-state index in [1.165, 1.54) is 31.5 Å². The SMILES string of the molecule is C[C@@H]1Cc2c([nH]c3ccccc23)[C@@H](c2c(F)cc(OCc3cccc(CCCO[Si](C)(C)C(C)(C)C)c3)cc2F)N1CC(C)(C)F. The molecule has 0 radical (unpaired) electrons. The van der Waals surface area contributed by atoms with E-state index in [0.717, 1.165) is 41.5 Å². The zero-order valence-corrected chi connectivity index (χ0v) is 29.6. The summed E-state index contributed by atoms with van der Waals surface area (Å²) >= 11 is 0. The van der Waals surface area contributed by atoms with Crippen molar-refractivity contribution >= 4 is 19.2 Å². The largest absolute Gasteiger partial charge is 0.489 e. The number of hydrogen-bond acceptors (Lipinski definition) is 3. The minimum atomic E-state index is -1.77. The Morgan fingerprint density at radius 3 is 2.28 bits per heavy atom. The third-order valence-corrected chi connectivity index (χ3v) is 14.2. The summed E-state index contributed by atoms with van der Waals surface area (Å²) in [6.07, 6.45) is 2.45. The van der Waals surface area contributed by atoms with Gasteiger partial charge in [-0.05, 0) is 80.9 Å². The molecule has 0 unspecified atom stereocenters. The molecule has 248 valence electrons. The number of halogens is 3. The van der Waals surface area contributed by atoms with E-state index >= 15 is 13.2 Å². The van der Waals surface area contributed by atoms with Crippen molar-refractivity contribution in [2.75, 3.05) is 13.2 Å². The number of para-hydroxylation sites is 1. The minimum absolute atomic E-state index is 0.0313. The fraction of sp³-hybridized carbons (Fsp3) is 0.474. The molecule has 4 nitrogen and oxygen atoms in total. The molecule has 0 aliphatic carbocycles. The van der Waals surface area contributed by atoms with Crippen LogP contribution in [0.2, 0.25) is 18.1 Å². The van der Waals surface area contributed by atoms with Crippen LogP contribution in [0.5, 0.6) is 5.75 Å². The van der Waals surface area contributed by atoms with E-state index in [2.05, 4.69) is 51.0 Å². The topological polar surface area (TPSA) is 37.5 Å². The van der Waals surface area contributed by atoms with E-state index in [4.69, 9.17) is 9.16 Å². The van der Waals surface area contributed by atoms with Crippen LogP contribution in [0, 0.1) is 11.6 Å². The summed E-state index contributed by atoms with van der Waals surface area (Å²) in [6.45, 7) is 17.2. The highest BCUT2D eigenvalue weighted by atomic mass is 28.4. The summed E-state index contributed by atoms with van der Waals surface area (Å²) < 4.78 is 59.4. The Bertz CT molecular complexity index is 1650. The summed E-state index contributed by atoms with van der Waals surface area (Å²) in [5.74, 6) is -1.31. The molecule has 1 aliphatic rings. The van der Waals surface area contributed by atoms with Gasteiger partial charge in [-0.25, -0.2) is 13.2 Å². The number of rotatable bonds is 11. The molecule has 0 amide bonds. The van der Waals surface area contributed by atoms with Crippen LogP contribution in [-0.2, 0) is 23.9 Å². The quantitative estimate of drug-likeness (QED) is 0.130. The molecule has 0 saturated heterocycles. The average molecular weight is 651 g/mol. The number of aryl methyl sites for hydroxylation is 1. The normalized spacial score (nSPS) is 17.8. The molecule has 2 atom stereocenters. The summed E-state index contributed by atoms with van der Waals surface area (Å²) in [5.41, 5.74) is 3.07. The van der Waals surface area contributed by atoms with Crippen LogP contribution in [0.4, 0.5) is 13.2 Å². The first-order chi connectivity index (χ1) is 21.5. The van der Waals surface area contributed by atoms with E-state index < -0.39 is 31.7 Å². The number of H-pyrrole nitrogens is 1. The van der Waals surface area contributed by atoms with E-state index in [9.17, 15) is 0 Å². The van der Waals surface area contributed by atoms with Crippen LogP contribution in [0.1, 0.15) is 82.0 Å². The van der Waals surface area contributed by atoms with Crippen molar-refractivity contribution in [3.05, 3.63) is 100 Å². The number of aromatic amines is 1. The molecule has 46 heavy (non-hydrogen) atoms. The molecule has 2 heterocycles. The van der Waals surface area contributed by atoms with Gasteiger partial charge in [0.25, 0.3) is 0 Å². The number of fused-ring (bicyclic) bond motifs is 3. The highest BCUT2D eigenvalue weighted by Crippen LogP contribution is 2.44. The van der Waals surface area contributed by atoms with Crippen LogP contribution < -0.4 is 4.74 Å². The zero-order valence-electron chi connectivity index (χ0n) is 28.6. The monoisotopic (exact) mass is 650 g/mol. The Balaban J connectivity index is 1.33. The van der Waals surface area contributed by atoms with Crippen LogP contribution in [0.15, 0.2) is 60.7 Å². The number of nitrogens with zero attached hydrogens (tertiary/aromatic N) is 1. The number of benzene rings is 3. The highest BCUT2D eigenvalue weighted by Gasteiger charge is 2.41. The molecule has 5 rings (SSSR count). The highest BCUT2D eigenvalue weighted by molar-refractivity contribution is 6.74. The number of nitrogens with one attached hydrogen (secondary N) is 1. The van der Waals surface area contributed by atoms with Gasteiger partial charge in [0.2, 0.25) is 0 Å². The van der Waals surface area contributed by atoms with Gasteiger partial charge in [-0.3, -0.25) is 4.90 Å². The predicted molar refractivity (Wildman–Crippen MR) is 184 cm³/mol. The second kappa shape index (κ2) is 13.2. The summed E-state index contributed by atoms with van der Waals surface area (Å²) in [4.78, 5) is 5.30. The van der Waals surface area contributed by atoms with E-state index in [-0.39, 0.29) is 35.5 Å². The van der Waals surface area contributed by atoms with E-state index in [1.54, 1.807) is 0 Å².